The minimum absolute atomic E-state index is 0.366. The summed E-state index contributed by atoms with van der Waals surface area (Å²) in [6.07, 6.45) is -0.554. The van der Waals surface area contributed by atoms with E-state index in [1.165, 1.54) is 0 Å². The summed E-state index contributed by atoms with van der Waals surface area (Å²) in [5.41, 5.74) is 1.64. The largest absolute Gasteiger partial charge is 0.385 e. The zero-order valence-corrected chi connectivity index (χ0v) is 10.2. The number of pyridine rings is 1. The average Bonchev–Trinajstić information content (AvgIpc) is 2.35. The molecule has 2 rings (SSSR count). The van der Waals surface area contributed by atoms with E-state index in [1.807, 2.05) is 36.4 Å². The first-order valence-electron chi connectivity index (χ1n) is 5.94. The Bertz CT molecular complexity index is 496. The molecule has 2 N–H and O–H groups in total. The number of aliphatic hydroxyl groups excluding tert-OH is 1. The summed E-state index contributed by atoms with van der Waals surface area (Å²) in [4.78, 5) is 4.46. The van der Waals surface area contributed by atoms with Crippen LogP contribution in [-0.2, 0) is 0 Å². The van der Waals surface area contributed by atoms with Crippen molar-refractivity contribution in [2.24, 2.45) is 0 Å². The van der Waals surface area contributed by atoms with Gasteiger partial charge in [-0.3, -0.25) is 4.98 Å². The van der Waals surface area contributed by atoms with Gasteiger partial charge >= 0.3 is 0 Å². The maximum Gasteiger partial charge on any atom is 0.108 e. The Morgan fingerprint density at radius 1 is 1.18 bits per heavy atom. The molecule has 0 amide bonds. The van der Waals surface area contributed by atoms with Gasteiger partial charge in [-0.2, -0.15) is 0 Å². The van der Waals surface area contributed by atoms with Crippen LogP contribution in [0.1, 0.15) is 25.6 Å². The highest BCUT2D eigenvalue weighted by molar-refractivity contribution is 5.78. The van der Waals surface area contributed by atoms with Crippen LogP contribution < -0.4 is 5.32 Å². The van der Waals surface area contributed by atoms with Crippen LogP contribution in [0.15, 0.2) is 36.4 Å². The molecular weight excluding hydrogens is 212 g/mol. The second-order valence-corrected chi connectivity index (χ2v) is 4.51. The molecule has 0 saturated heterocycles. The number of aliphatic hydroxyl groups is 1. The predicted molar refractivity (Wildman–Crippen MR) is 69.8 cm³/mol. The lowest BCUT2D eigenvalue weighted by atomic mass is 10.1. The van der Waals surface area contributed by atoms with E-state index in [-0.39, 0.29) is 0 Å². The number of nitrogens with zero attached hydrogens (tertiary/aromatic N) is 1. The number of hydrogen-bond acceptors (Lipinski definition) is 3. The average molecular weight is 230 g/mol. The van der Waals surface area contributed by atoms with E-state index in [9.17, 15) is 5.11 Å². The molecule has 0 radical (unpaired) electrons. The van der Waals surface area contributed by atoms with Gasteiger partial charge in [0.05, 0.1) is 11.2 Å². The first-order valence-corrected chi connectivity index (χ1v) is 5.94. The molecule has 0 saturated carbocycles. The molecule has 0 bridgehead atoms. The van der Waals surface area contributed by atoms with Gasteiger partial charge in [-0.25, -0.2) is 0 Å². The Morgan fingerprint density at radius 2 is 1.94 bits per heavy atom. The number of aromatic nitrogens is 1. The Morgan fingerprint density at radius 3 is 2.71 bits per heavy atom. The zero-order chi connectivity index (χ0) is 12.3. The lowest BCUT2D eigenvalue weighted by molar-refractivity contribution is 0.167. The molecule has 90 valence electrons. The van der Waals surface area contributed by atoms with Crippen LogP contribution >= 0.6 is 0 Å². The van der Waals surface area contributed by atoms with Gasteiger partial charge in [0, 0.05) is 18.0 Å². The second kappa shape index (κ2) is 5.25. The minimum atomic E-state index is -0.554. The number of para-hydroxylation sites is 1. The van der Waals surface area contributed by atoms with E-state index in [0.29, 0.717) is 12.6 Å². The molecule has 1 aromatic heterocycles. The van der Waals surface area contributed by atoms with E-state index in [0.717, 1.165) is 16.6 Å². The fourth-order valence-corrected chi connectivity index (χ4v) is 1.72. The molecule has 0 spiro atoms. The molecule has 3 heteroatoms. The third kappa shape index (κ3) is 3.02. The highest BCUT2D eigenvalue weighted by Crippen LogP contribution is 2.16. The normalized spacial score (nSPS) is 13.2. The van der Waals surface area contributed by atoms with Crippen LogP contribution in [0.25, 0.3) is 10.9 Å². The Hall–Kier alpha value is -1.45. The summed E-state index contributed by atoms with van der Waals surface area (Å²) in [5, 5.41) is 14.3. The summed E-state index contributed by atoms with van der Waals surface area (Å²) in [6.45, 7) is 4.64. The standard InChI is InChI=1S/C14H18N2O/c1-10(2)15-9-14(17)13-8-7-11-5-3-4-6-12(11)16-13/h3-8,10,14-15,17H,9H2,1-2H3. The van der Waals surface area contributed by atoms with Crippen molar-refractivity contribution in [2.75, 3.05) is 6.54 Å². The van der Waals surface area contributed by atoms with E-state index in [2.05, 4.69) is 24.1 Å². The maximum atomic E-state index is 10.0. The second-order valence-electron chi connectivity index (χ2n) is 4.51. The number of nitrogens with one attached hydrogen (secondary N) is 1. The number of fused-ring (bicyclic) bond motifs is 1. The summed E-state index contributed by atoms with van der Waals surface area (Å²) < 4.78 is 0. The highest BCUT2D eigenvalue weighted by atomic mass is 16.3. The molecule has 1 heterocycles. The number of rotatable bonds is 4. The summed E-state index contributed by atoms with van der Waals surface area (Å²) >= 11 is 0. The van der Waals surface area contributed by atoms with Crippen molar-refractivity contribution < 1.29 is 5.11 Å². The van der Waals surface area contributed by atoms with Gasteiger partial charge in [0.15, 0.2) is 0 Å². The van der Waals surface area contributed by atoms with Crippen LogP contribution in [0, 0.1) is 0 Å². The van der Waals surface area contributed by atoms with Crippen molar-refractivity contribution in [3.63, 3.8) is 0 Å². The first-order chi connectivity index (χ1) is 8.16. The van der Waals surface area contributed by atoms with Gasteiger partial charge in [-0.15, -0.1) is 0 Å². The van der Waals surface area contributed by atoms with Gasteiger partial charge in [0.25, 0.3) is 0 Å². The molecule has 1 aromatic carbocycles. The van der Waals surface area contributed by atoms with Crippen molar-refractivity contribution in [1.29, 1.82) is 0 Å². The fraction of sp³-hybridized carbons (Fsp3) is 0.357. The van der Waals surface area contributed by atoms with Crippen molar-refractivity contribution in [3.8, 4) is 0 Å². The van der Waals surface area contributed by atoms with Gasteiger partial charge in [0.1, 0.15) is 6.10 Å². The van der Waals surface area contributed by atoms with Gasteiger partial charge in [0.2, 0.25) is 0 Å². The molecule has 0 aliphatic heterocycles. The van der Waals surface area contributed by atoms with Crippen molar-refractivity contribution >= 4 is 10.9 Å². The van der Waals surface area contributed by atoms with Gasteiger partial charge in [-0.05, 0) is 12.1 Å². The lowest BCUT2D eigenvalue weighted by Gasteiger charge is -2.14. The monoisotopic (exact) mass is 230 g/mol. The molecule has 0 aliphatic carbocycles. The van der Waals surface area contributed by atoms with Crippen molar-refractivity contribution in [2.45, 2.75) is 26.0 Å². The Labute approximate surface area is 102 Å². The Kier molecular flexibility index (Phi) is 3.71. The third-order valence-electron chi connectivity index (χ3n) is 2.68. The minimum Gasteiger partial charge on any atom is -0.385 e. The first kappa shape index (κ1) is 12.0. The highest BCUT2D eigenvalue weighted by Gasteiger charge is 2.09. The van der Waals surface area contributed by atoms with Crippen LogP contribution in [-0.4, -0.2) is 22.7 Å². The number of hydrogen-bond donors (Lipinski definition) is 2. The predicted octanol–water partition coefficient (Wildman–Crippen LogP) is 2.27. The number of benzene rings is 1. The van der Waals surface area contributed by atoms with E-state index in [4.69, 9.17) is 0 Å². The molecule has 2 aromatic rings. The van der Waals surface area contributed by atoms with E-state index < -0.39 is 6.10 Å². The molecule has 1 unspecified atom stereocenters. The van der Waals surface area contributed by atoms with E-state index >= 15 is 0 Å². The van der Waals surface area contributed by atoms with Crippen LogP contribution in [0.2, 0.25) is 0 Å². The lowest BCUT2D eigenvalue weighted by Crippen LogP contribution is -2.28. The van der Waals surface area contributed by atoms with Crippen molar-refractivity contribution in [1.82, 2.24) is 10.3 Å². The van der Waals surface area contributed by atoms with Crippen LogP contribution in [0.3, 0.4) is 0 Å². The topological polar surface area (TPSA) is 45.1 Å². The van der Waals surface area contributed by atoms with Crippen LogP contribution in [0.4, 0.5) is 0 Å². The zero-order valence-electron chi connectivity index (χ0n) is 10.2. The smallest absolute Gasteiger partial charge is 0.108 e. The molecular formula is C14H18N2O. The van der Waals surface area contributed by atoms with Crippen LogP contribution in [0.5, 0.6) is 0 Å². The maximum absolute atomic E-state index is 10.0. The van der Waals surface area contributed by atoms with Crippen molar-refractivity contribution in [3.05, 3.63) is 42.1 Å². The molecule has 17 heavy (non-hydrogen) atoms. The molecule has 1 atom stereocenters. The summed E-state index contributed by atoms with van der Waals surface area (Å²) in [6, 6.07) is 12.2. The fourth-order valence-electron chi connectivity index (χ4n) is 1.72. The summed E-state index contributed by atoms with van der Waals surface area (Å²) in [5.74, 6) is 0. The van der Waals surface area contributed by atoms with E-state index in [1.54, 1.807) is 0 Å². The molecule has 3 nitrogen and oxygen atoms in total. The molecule has 0 fully saturated rings. The van der Waals surface area contributed by atoms with Gasteiger partial charge in [-0.1, -0.05) is 38.1 Å². The summed E-state index contributed by atoms with van der Waals surface area (Å²) in [7, 11) is 0. The molecule has 0 aliphatic rings. The Balaban J connectivity index is 2.18. The third-order valence-corrected chi connectivity index (χ3v) is 2.68. The van der Waals surface area contributed by atoms with Gasteiger partial charge < -0.3 is 10.4 Å². The quantitative estimate of drug-likeness (QED) is 0.847. The SMILES string of the molecule is CC(C)NCC(O)c1ccc2ccccc2n1.